The van der Waals surface area contributed by atoms with Gasteiger partial charge in [0, 0.05) is 11.4 Å². The summed E-state index contributed by atoms with van der Waals surface area (Å²) in [5.41, 5.74) is 1.03. The Hall–Kier alpha value is -2.05. The van der Waals surface area contributed by atoms with Gasteiger partial charge in [0.15, 0.2) is 11.5 Å². The SMILES string of the molecule is Cc1ccsc1[C@@H](O)CNC(=O)[C@H]1COc2ccccc2O1. The van der Waals surface area contributed by atoms with E-state index in [4.69, 9.17) is 9.47 Å². The average Bonchev–Trinajstić information content (AvgIpc) is 2.98. The standard InChI is InChI=1S/C16H17NO4S/c1-10-6-7-22-15(10)11(18)8-17-16(19)14-9-20-12-4-2-3-5-13(12)21-14/h2-7,11,14,18H,8-9H2,1H3,(H,17,19)/t11-,14+/m0/s1. The number of carbonyl (C=O) groups excluding carboxylic acids is 1. The molecule has 2 heterocycles. The van der Waals surface area contributed by atoms with Crippen LogP contribution in [0.25, 0.3) is 0 Å². The van der Waals surface area contributed by atoms with Crippen LogP contribution in [0.4, 0.5) is 0 Å². The van der Waals surface area contributed by atoms with Gasteiger partial charge in [-0.2, -0.15) is 0 Å². The summed E-state index contributed by atoms with van der Waals surface area (Å²) >= 11 is 1.48. The van der Waals surface area contributed by atoms with Crippen LogP contribution in [0.15, 0.2) is 35.7 Å². The van der Waals surface area contributed by atoms with Crippen LogP contribution < -0.4 is 14.8 Å². The highest BCUT2D eigenvalue weighted by atomic mass is 32.1. The minimum Gasteiger partial charge on any atom is -0.485 e. The van der Waals surface area contributed by atoms with Crippen LogP contribution in [0, 0.1) is 6.92 Å². The number of carbonyl (C=O) groups is 1. The lowest BCUT2D eigenvalue weighted by molar-refractivity contribution is -0.130. The summed E-state index contributed by atoms with van der Waals surface area (Å²) in [7, 11) is 0. The van der Waals surface area contributed by atoms with E-state index in [1.807, 2.05) is 30.5 Å². The second kappa shape index (κ2) is 6.37. The Kier molecular flexibility index (Phi) is 4.31. The maximum atomic E-state index is 12.1. The number of aryl methyl sites for hydroxylation is 1. The summed E-state index contributed by atoms with van der Waals surface area (Å²) in [5.74, 6) is 0.909. The number of fused-ring (bicyclic) bond motifs is 1. The third-order valence-electron chi connectivity index (χ3n) is 3.48. The Morgan fingerprint density at radius 1 is 1.41 bits per heavy atom. The van der Waals surface area contributed by atoms with Crippen molar-refractivity contribution in [3.05, 3.63) is 46.2 Å². The fourth-order valence-electron chi connectivity index (χ4n) is 2.28. The number of hydrogen-bond acceptors (Lipinski definition) is 5. The summed E-state index contributed by atoms with van der Waals surface area (Å²) in [6.45, 7) is 2.25. The zero-order valence-electron chi connectivity index (χ0n) is 12.1. The molecule has 0 unspecified atom stereocenters. The summed E-state index contributed by atoms with van der Waals surface area (Å²) < 4.78 is 11.1. The van der Waals surface area contributed by atoms with Crippen molar-refractivity contribution in [3.8, 4) is 11.5 Å². The molecule has 0 radical (unpaired) electrons. The molecule has 0 saturated heterocycles. The Bertz CT molecular complexity index is 670. The highest BCUT2D eigenvalue weighted by Crippen LogP contribution is 2.31. The lowest BCUT2D eigenvalue weighted by Crippen LogP contribution is -2.45. The molecule has 1 aliphatic heterocycles. The Balaban J connectivity index is 1.56. The van der Waals surface area contributed by atoms with E-state index in [1.165, 1.54) is 11.3 Å². The number of nitrogens with one attached hydrogen (secondary N) is 1. The van der Waals surface area contributed by atoms with Crippen LogP contribution in [0.5, 0.6) is 11.5 Å². The molecule has 1 aromatic heterocycles. The summed E-state index contributed by atoms with van der Waals surface area (Å²) in [4.78, 5) is 13.0. The summed E-state index contributed by atoms with van der Waals surface area (Å²) in [6, 6.07) is 9.18. The molecule has 1 aliphatic rings. The van der Waals surface area contributed by atoms with E-state index in [-0.39, 0.29) is 19.1 Å². The number of thiophene rings is 1. The van der Waals surface area contributed by atoms with E-state index >= 15 is 0 Å². The van der Waals surface area contributed by atoms with Crippen LogP contribution in [0.3, 0.4) is 0 Å². The molecule has 0 saturated carbocycles. The number of aliphatic hydroxyl groups excluding tert-OH is 1. The Labute approximate surface area is 132 Å². The lowest BCUT2D eigenvalue weighted by atomic mass is 10.2. The Morgan fingerprint density at radius 2 is 2.18 bits per heavy atom. The fourth-order valence-corrected chi connectivity index (χ4v) is 3.19. The van der Waals surface area contributed by atoms with Gasteiger partial charge in [-0.05, 0) is 36.1 Å². The van der Waals surface area contributed by atoms with Gasteiger partial charge >= 0.3 is 0 Å². The topological polar surface area (TPSA) is 67.8 Å². The van der Waals surface area contributed by atoms with Gasteiger partial charge in [0.25, 0.3) is 5.91 Å². The molecule has 6 heteroatoms. The number of rotatable bonds is 4. The third-order valence-corrected chi connectivity index (χ3v) is 4.60. The molecule has 116 valence electrons. The van der Waals surface area contributed by atoms with Gasteiger partial charge in [0.05, 0.1) is 0 Å². The van der Waals surface area contributed by atoms with Gasteiger partial charge in [-0.25, -0.2) is 0 Å². The molecule has 1 aromatic carbocycles. The van der Waals surface area contributed by atoms with E-state index in [0.29, 0.717) is 11.5 Å². The van der Waals surface area contributed by atoms with Crippen molar-refractivity contribution in [1.29, 1.82) is 0 Å². The second-order valence-corrected chi connectivity index (χ2v) is 6.04. The van der Waals surface area contributed by atoms with Crippen molar-refractivity contribution in [1.82, 2.24) is 5.32 Å². The molecule has 22 heavy (non-hydrogen) atoms. The number of amides is 1. The van der Waals surface area contributed by atoms with Gasteiger partial charge in [-0.15, -0.1) is 11.3 Å². The predicted octanol–water partition coefficient (Wildman–Crippen LogP) is 2.05. The van der Waals surface area contributed by atoms with Gasteiger partial charge < -0.3 is 19.9 Å². The first-order valence-electron chi connectivity index (χ1n) is 7.03. The first-order valence-corrected chi connectivity index (χ1v) is 7.91. The number of para-hydroxylation sites is 2. The normalized spacial score (nSPS) is 17.8. The second-order valence-electron chi connectivity index (χ2n) is 5.09. The summed E-state index contributed by atoms with van der Waals surface area (Å²) in [5, 5.41) is 14.8. The van der Waals surface area contributed by atoms with Crippen molar-refractivity contribution >= 4 is 17.2 Å². The van der Waals surface area contributed by atoms with E-state index in [1.54, 1.807) is 12.1 Å². The molecule has 2 atom stereocenters. The van der Waals surface area contributed by atoms with Gasteiger partial charge in [-0.1, -0.05) is 12.1 Å². The molecule has 3 rings (SSSR count). The molecule has 0 fully saturated rings. The molecule has 2 N–H and O–H groups in total. The van der Waals surface area contributed by atoms with Gasteiger partial charge in [-0.3, -0.25) is 4.79 Å². The highest BCUT2D eigenvalue weighted by Gasteiger charge is 2.27. The fraction of sp³-hybridized carbons (Fsp3) is 0.312. The minimum absolute atomic E-state index is 0.154. The third kappa shape index (κ3) is 3.08. The van der Waals surface area contributed by atoms with Crippen molar-refractivity contribution in [2.75, 3.05) is 13.2 Å². The first kappa shape index (κ1) is 14.9. The van der Waals surface area contributed by atoms with Crippen LogP contribution >= 0.6 is 11.3 Å². The molecule has 0 aliphatic carbocycles. The number of aliphatic hydroxyl groups is 1. The van der Waals surface area contributed by atoms with Crippen LogP contribution in [-0.4, -0.2) is 30.3 Å². The van der Waals surface area contributed by atoms with Crippen LogP contribution in [0.2, 0.25) is 0 Å². The molecule has 1 amide bonds. The van der Waals surface area contributed by atoms with E-state index in [2.05, 4.69) is 5.32 Å². The lowest BCUT2D eigenvalue weighted by Gasteiger charge is -2.25. The van der Waals surface area contributed by atoms with E-state index in [0.717, 1.165) is 10.4 Å². The monoisotopic (exact) mass is 319 g/mol. The molecule has 0 bridgehead atoms. The Morgan fingerprint density at radius 3 is 2.91 bits per heavy atom. The largest absolute Gasteiger partial charge is 0.485 e. The van der Waals surface area contributed by atoms with Crippen LogP contribution in [-0.2, 0) is 4.79 Å². The zero-order chi connectivity index (χ0) is 15.5. The summed E-state index contributed by atoms with van der Waals surface area (Å²) in [6.07, 6.45) is -1.41. The van der Waals surface area contributed by atoms with E-state index < -0.39 is 12.2 Å². The predicted molar refractivity (Wildman–Crippen MR) is 83.4 cm³/mol. The quantitative estimate of drug-likeness (QED) is 0.905. The van der Waals surface area contributed by atoms with Gasteiger partial charge in [0.1, 0.15) is 12.7 Å². The molecule has 0 spiro atoms. The molecule has 2 aromatic rings. The molecular weight excluding hydrogens is 302 g/mol. The maximum Gasteiger partial charge on any atom is 0.264 e. The van der Waals surface area contributed by atoms with E-state index in [9.17, 15) is 9.90 Å². The minimum atomic E-state index is -0.708. The van der Waals surface area contributed by atoms with Crippen molar-refractivity contribution < 1.29 is 19.4 Å². The highest BCUT2D eigenvalue weighted by molar-refractivity contribution is 7.10. The smallest absolute Gasteiger partial charge is 0.264 e. The number of ether oxygens (including phenoxy) is 2. The number of benzene rings is 1. The molecular formula is C16H17NO4S. The number of hydrogen-bond donors (Lipinski definition) is 2. The zero-order valence-corrected chi connectivity index (χ0v) is 12.9. The van der Waals surface area contributed by atoms with Crippen molar-refractivity contribution in [2.45, 2.75) is 19.1 Å². The first-order chi connectivity index (χ1) is 10.6. The maximum absolute atomic E-state index is 12.1. The van der Waals surface area contributed by atoms with Crippen molar-refractivity contribution in [2.24, 2.45) is 0 Å². The van der Waals surface area contributed by atoms with Crippen molar-refractivity contribution in [3.63, 3.8) is 0 Å². The van der Waals surface area contributed by atoms with Crippen LogP contribution in [0.1, 0.15) is 16.5 Å². The molecule has 5 nitrogen and oxygen atoms in total. The van der Waals surface area contributed by atoms with Gasteiger partial charge in [0.2, 0.25) is 6.10 Å². The average molecular weight is 319 g/mol.